The molecule has 0 saturated carbocycles. The van der Waals surface area contributed by atoms with E-state index < -0.39 is 0 Å². The first-order valence-corrected chi connectivity index (χ1v) is 6.93. The molecule has 2 N–H and O–H groups in total. The van der Waals surface area contributed by atoms with Crippen molar-refractivity contribution in [3.05, 3.63) is 16.1 Å². The van der Waals surface area contributed by atoms with Crippen molar-refractivity contribution >= 4 is 11.3 Å². The summed E-state index contributed by atoms with van der Waals surface area (Å²) in [5.74, 6) is 0.796. The maximum absolute atomic E-state index is 4.26. The van der Waals surface area contributed by atoms with Crippen molar-refractivity contribution in [1.29, 1.82) is 0 Å². The van der Waals surface area contributed by atoms with Gasteiger partial charge in [0.15, 0.2) is 0 Å². The van der Waals surface area contributed by atoms with E-state index in [0.29, 0.717) is 6.04 Å². The zero-order valence-electron chi connectivity index (χ0n) is 10.1. The Labute approximate surface area is 102 Å². The van der Waals surface area contributed by atoms with Gasteiger partial charge in [-0.3, -0.25) is 0 Å². The van der Waals surface area contributed by atoms with E-state index in [4.69, 9.17) is 0 Å². The Morgan fingerprint density at radius 2 is 2.50 bits per heavy atom. The van der Waals surface area contributed by atoms with Crippen molar-refractivity contribution in [2.24, 2.45) is 5.92 Å². The van der Waals surface area contributed by atoms with Crippen LogP contribution >= 0.6 is 11.3 Å². The van der Waals surface area contributed by atoms with Crippen LogP contribution in [0.4, 0.5) is 0 Å². The van der Waals surface area contributed by atoms with Crippen LogP contribution in [0.3, 0.4) is 0 Å². The Kier molecular flexibility index (Phi) is 4.32. The molecule has 90 valence electrons. The normalized spacial score (nSPS) is 25.9. The lowest BCUT2D eigenvalue weighted by Crippen LogP contribution is -2.46. The number of nitrogens with one attached hydrogen (secondary N) is 2. The highest BCUT2D eigenvalue weighted by atomic mass is 32.1. The van der Waals surface area contributed by atoms with Crippen LogP contribution < -0.4 is 10.6 Å². The molecule has 0 radical (unpaired) electrons. The minimum Gasteiger partial charge on any atom is -0.312 e. The van der Waals surface area contributed by atoms with Gasteiger partial charge in [-0.15, -0.1) is 11.3 Å². The minimum atomic E-state index is 0.641. The van der Waals surface area contributed by atoms with E-state index in [2.05, 4.69) is 29.5 Å². The lowest BCUT2D eigenvalue weighted by atomic mass is 9.93. The summed E-state index contributed by atoms with van der Waals surface area (Å²) in [5, 5.41) is 8.26. The molecule has 0 aromatic carbocycles. The number of hydrogen-bond acceptors (Lipinski definition) is 4. The third-order valence-corrected chi connectivity index (χ3v) is 4.18. The molecule has 1 aromatic rings. The average Bonchev–Trinajstić information content (AvgIpc) is 2.67. The van der Waals surface area contributed by atoms with Crippen LogP contribution in [0.25, 0.3) is 0 Å². The molecule has 1 aliphatic heterocycles. The lowest BCUT2D eigenvalue weighted by Gasteiger charge is -2.30. The van der Waals surface area contributed by atoms with Crippen LogP contribution in [-0.4, -0.2) is 24.1 Å². The van der Waals surface area contributed by atoms with Crippen molar-refractivity contribution in [2.75, 3.05) is 13.1 Å². The topological polar surface area (TPSA) is 37.0 Å². The highest BCUT2D eigenvalue weighted by molar-refractivity contribution is 7.11. The highest BCUT2D eigenvalue weighted by Crippen LogP contribution is 2.15. The average molecular weight is 239 g/mol. The summed E-state index contributed by atoms with van der Waals surface area (Å²) in [4.78, 5) is 5.59. The molecule has 2 heterocycles. The molecular weight excluding hydrogens is 218 g/mol. The molecule has 16 heavy (non-hydrogen) atoms. The molecule has 0 spiro atoms. The van der Waals surface area contributed by atoms with Gasteiger partial charge in [0.1, 0.15) is 0 Å². The first kappa shape index (κ1) is 12.0. The molecule has 2 unspecified atom stereocenters. The van der Waals surface area contributed by atoms with Gasteiger partial charge >= 0.3 is 0 Å². The van der Waals surface area contributed by atoms with E-state index >= 15 is 0 Å². The standard InChI is InChI=1S/C12H21N3S/c1-9-4-3-5-14-12(9)8-13-6-11-7-15-10(2)16-11/h7,9,12-14H,3-6,8H2,1-2H3. The van der Waals surface area contributed by atoms with E-state index in [1.165, 1.54) is 24.3 Å². The van der Waals surface area contributed by atoms with Crippen LogP contribution in [0.5, 0.6) is 0 Å². The second-order valence-corrected chi connectivity index (χ2v) is 5.98. The third-order valence-electron chi connectivity index (χ3n) is 3.26. The lowest BCUT2D eigenvalue weighted by molar-refractivity contribution is 0.290. The van der Waals surface area contributed by atoms with Gasteiger partial charge in [0.05, 0.1) is 5.01 Å². The fourth-order valence-corrected chi connectivity index (χ4v) is 2.99. The number of hydrogen-bond donors (Lipinski definition) is 2. The quantitative estimate of drug-likeness (QED) is 0.843. The maximum Gasteiger partial charge on any atom is 0.0897 e. The van der Waals surface area contributed by atoms with Gasteiger partial charge in [-0.25, -0.2) is 4.98 Å². The molecule has 1 aliphatic rings. The molecule has 1 aromatic heterocycles. The molecule has 1 saturated heterocycles. The zero-order chi connectivity index (χ0) is 11.4. The predicted octanol–water partition coefficient (Wildman–Crippen LogP) is 1.93. The monoisotopic (exact) mass is 239 g/mol. The van der Waals surface area contributed by atoms with Crippen molar-refractivity contribution in [1.82, 2.24) is 15.6 Å². The molecule has 0 bridgehead atoms. The van der Waals surface area contributed by atoms with E-state index in [1.807, 2.05) is 6.20 Å². The third kappa shape index (κ3) is 3.27. The van der Waals surface area contributed by atoms with Gasteiger partial charge in [0.25, 0.3) is 0 Å². The van der Waals surface area contributed by atoms with E-state index in [-0.39, 0.29) is 0 Å². The summed E-state index contributed by atoms with van der Waals surface area (Å²) in [5.41, 5.74) is 0. The molecule has 2 atom stereocenters. The van der Waals surface area contributed by atoms with Crippen LogP contribution in [0.2, 0.25) is 0 Å². The van der Waals surface area contributed by atoms with Crippen molar-refractivity contribution < 1.29 is 0 Å². The number of thiazole rings is 1. The van der Waals surface area contributed by atoms with Gasteiger partial charge in [0, 0.05) is 30.2 Å². The molecule has 3 nitrogen and oxygen atoms in total. The van der Waals surface area contributed by atoms with E-state index in [0.717, 1.165) is 24.0 Å². The minimum absolute atomic E-state index is 0.641. The van der Waals surface area contributed by atoms with Gasteiger partial charge in [0.2, 0.25) is 0 Å². The van der Waals surface area contributed by atoms with Gasteiger partial charge in [-0.1, -0.05) is 6.92 Å². The van der Waals surface area contributed by atoms with Crippen LogP contribution in [0.1, 0.15) is 29.7 Å². The predicted molar refractivity (Wildman–Crippen MR) is 68.7 cm³/mol. The Bertz CT molecular complexity index is 324. The summed E-state index contributed by atoms with van der Waals surface area (Å²) in [6, 6.07) is 0.641. The Balaban J connectivity index is 1.71. The number of nitrogens with zero attached hydrogens (tertiary/aromatic N) is 1. The van der Waals surface area contributed by atoms with Crippen LogP contribution in [0, 0.1) is 12.8 Å². The molecule has 2 rings (SSSR count). The first-order valence-electron chi connectivity index (χ1n) is 6.11. The summed E-state index contributed by atoms with van der Waals surface area (Å²) in [7, 11) is 0. The SMILES string of the molecule is Cc1ncc(CNCC2NCCCC2C)s1. The second-order valence-electron chi connectivity index (χ2n) is 4.66. The van der Waals surface area contributed by atoms with E-state index in [1.54, 1.807) is 11.3 Å². The smallest absolute Gasteiger partial charge is 0.0897 e. The summed E-state index contributed by atoms with van der Waals surface area (Å²) >= 11 is 1.78. The maximum atomic E-state index is 4.26. The first-order chi connectivity index (χ1) is 7.75. The highest BCUT2D eigenvalue weighted by Gasteiger charge is 2.19. The van der Waals surface area contributed by atoms with Crippen molar-refractivity contribution in [3.63, 3.8) is 0 Å². The van der Waals surface area contributed by atoms with Gasteiger partial charge < -0.3 is 10.6 Å². The van der Waals surface area contributed by atoms with Gasteiger partial charge in [-0.05, 0) is 32.2 Å². The molecule has 0 amide bonds. The Morgan fingerprint density at radius 3 is 3.19 bits per heavy atom. The zero-order valence-corrected chi connectivity index (χ0v) is 10.9. The van der Waals surface area contributed by atoms with Gasteiger partial charge in [-0.2, -0.15) is 0 Å². The fraction of sp³-hybridized carbons (Fsp3) is 0.750. The van der Waals surface area contributed by atoms with Crippen molar-refractivity contribution in [3.8, 4) is 0 Å². The van der Waals surface area contributed by atoms with Crippen LogP contribution in [0.15, 0.2) is 6.20 Å². The summed E-state index contributed by atoms with van der Waals surface area (Å²) in [6.45, 7) is 7.60. The van der Waals surface area contributed by atoms with E-state index in [9.17, 15) is 0 Å². The molecule has 0 aliphatic carbocycles. The molecule has 1 fully saturated rings. The number of aromatic nitrogens is 1. The number of piperidine rings is 1. The largest absolute Gasteiger partial charge is 0.312 e. The number of rotatable bonds is 4. The fourth-order valence-electron chi connectivity index (χ4n) is 2.23. The second kappa shape index (κ2) is 5.75. The number of aryl methyl sites for hydroxylation is 1. The summed E-state index contributed by atoms with van der Waals surface area (Å²) < 4.78 is 0. The Morgan fingerprint density at radius 1 is 1.62 bits per heavy atom. The van der Waals surface area contributed by atoms with Crippen LogP contribution in [-0.2, 0) is 6.54 Å². The Hall–Kier alpha value is -0.450. The summed E-state index contributed by atoms with van der Waals surface area (Å²) in [6.07, 6.45) is 4.66. The molecular formula is C12H21N3S. The van der Waals surface area contributed by atoms with Crippen molar-refractivity contribution in [2.45, 2.75) is 39.3 Å². The molecule has 4 heteroatoms.